The topological polar surface area (TPSA) is 64.1 Å². The van der Waals surface area contributed by atoms with E-state index in [-0.39, 0.29) is 24.0 Å². The molecular formula is C17H30IN3O3. The fraction of sp³-hybridized carbons (Fsp3) is 0.588. The highest BCUT2D eigenvalue weighted by Crippen LogP contribution is 2.23. The average Bonchev–Trinajstić information content (AvgIpc) is 2.59. The Hall–Kier alpha value is -1.22. The number of guanidine groups is 1. The molecule has 0 heterocycles. The predicted octanol–water partition coefficient (Wildman–Crippen LogP) is 2.46. The van der Waals surface area contributed by atoms with Crippen LogP contribution in [0.2, 0.25) is 0 Å². The monoisotopic (exact) mass is 451 g/mol. The molecule has 0 spiro atoms. The molecule has 0 bridgehead atoms. The van der Waals surface area contributed by atoms with Crippen LogP contribution >= 0.6 is 24.0 Å². The Bertz CT molecular complexity index is 484. The van der Waals surface area contributed by atoms with Crippen LogP contribution in [0.5, 0.6) is 11.5 Å². The second-order valence-electron chi connectivity index (χ2n) is 4.90. The third kappa shape index (κ3) is 8.58. The van der Waals surface area contributed by atoms with Crippen molar-refractivity contribution in [3.8, 4) is 11.5 Å². The maximum atomic E-state index is 5.39. The predicted molar refractivity (Wildman–Crippen MR) is 109 cm³/mol. The highest BCUT2D eigenvalue weighted by Gasteiger charge is 2.05. The van der Waals surface area contributed by atoms with E-state index in [0.717, 1.165) is 62.2 Å². The second-order valence-corrected chi connectivity index (χ2v) is 4.90. The number of methoxy groups -OCH3 is 2. The van der Waals surface area contributed by atoms with Crippen molar-refractivity contribution in [2.75, 3.05) is 47.6 Å². The summed E-state index contributed by atoms with van der Waals surface area (Å²) >= 11 is 0. The van der Waals surface area contributed by atoms with E-state index in [4.69, 9.17) is 14.2 Å². The zero-order chi connectivity index (χ0) is 16.9. The van der Waals surface area contributed by atoms with Gasteiger partial charge < -0.3 is 24.8 Å². The van der Waals surface area contributed by atoms with E-state index < -0.39 is 0 Å². The summed E-state index contributed by atoms with van der Waals surface area (Å²) in [5.41, 5.74) is 1.10. The lowest BCUT2D eigenvalue weighted by Gasteiger charge is -2.14. The van der Waals surface area contributed by atoms with Gasteiger partial charge >= 0.3 is 0 Å². The molecule has 0 atom stereocenters. The zero-order valence-corrected chi connectivity index (χ0v) is 17.4. The lowest BCUT2D eigenvalue weighted by atomic mass is 10.1. The summed E-state index contributed by atoms with van der Waals surface area (Å²) < 4.78 is 16.0. The van der Waals surface area contributed by atoms with Gasteiger partial charge in [0.15, 0.2) is 5.96 Å². The van der Waals surface area contributed by atoms with Crippen LogP contribution in [0.3, 0.4) is 0 Å². The Balaban J connectivity index is 0.00000529. The van der Waals surface area contributed by atoms with Crippen molar-refractivity contribution in [2.45, 2.75) is 19.8 Å². The van der Waals surface area contributed by atoms with E-state index in [1.165, 1.54) is 0 Å². The molecule has 0 aliphatic carbocycles. The third-order valence-corrected chi connectivity index (χ3v) is 3.36. The molecule has 24 heavy (non-hydrogen) atoms. The molecule has 0 fully saturated rings. The van der Waals surface area contributed by atoms with E-state index in [0.29, 0.717) is 0 Å². The number of hydrogen-bond acceptors (Lipinski definition) is 4. The number of rotatable bonds is 10. The maximum absolute atomic E-state index is 5.39. The van der Waals surface area contributed by atoms with Gasteiger partial charge in [0, 0.05) is 33.4 Å². The van der Waals surface area contributed by atoms with Gasteiger partial charge in [0.1, 0.15) is 11.5 Å². The SMILES string of the molecule is CCOCCCNC(=NC)NCCc1cc(OC)ccc1OC.I. The summed E-state index contributed by atoms with van der Waals surface area (Å²) in [6.07, 6.45) is 1.78. The number of ether oxygens (including phenoxy) is 3. The molecule has 0 amide bonds. The highest BCUT2D eigenvalue weighted by molar-refractivity contribution is 14.0. The minimum atomic E-state index is 0. The standard InChI is InChI=1S/C17H29N3O3.HI/c1-5-23-12-6-10-19-17(18-2)20-11-9-14-13-15(21-3)7-8-16(14)22-4;/h7-8,13H,5-6,9-12H2,1-4H3,(H2,18,19,20);1H. The quantitative estimate of drug-likeness (QED) is 0.248. The van der Waals surface area contributed by atoms with E-state index >= 15 is 0 Å². The van der Waals surface area contributed by atoms with E-state index in [1.807, 2.05) is 25.1 Å². The molecular weight excluding hydrogens is 421 g/mol. The largest absolute Gasteiger partial charge is 0.497 e. The Morgan fingerprint density at radius 2 is 1.88 bits per heavy atom. The molecule has 0 aliphatic rings. The van der Waals surface area contributed by atoms with Crippen LogP contribution in [0.25, 0.3) is 0 Å². The molecule has 138 valence electrons. The molecule has 7 heteroatoms. The van der Waals surface area contributed by atoms with Crippen LogP contribution in [0, 0.1) is 0 Å². The van der Waals surface area contributed by atoms with Gasteiger partial charge in [-0.05, 0) is 43.5 Å². The first-order valence-electron chi connectivity index (χ1n) is 7.98. The number of nitrogens with one attached hydrogen (secondary N) is 2. The molecule has 0 radical (unpaired) electrons. The van der Waals surface area contributed by atoms with Crippen LogP contribution in [0.4, 0.5) is 0 Å². The van der Waals surface area contributed by atoms with Crippen molar-refractivity contribution in [3.63, 3.8) is 0 Å². The molecule has 1 aromatic rings. The Morgan fingerprint density at radius 3 is 2.50 bits per heavy atom. The van der Waals surface area contributed by atoms with Gasteiger partial charge in [-0.15, -0.1) is 24.0 Å². The smallest absolute Gasteiger partial charge is 0.190 e. The third-order valence-electron chi connectivity index (χ3n) is 3.36. The van der Waals surface area contributed by atoms with Crippen LogP contribution < -0.4 is 20.1 Å². The van der Waals surface area contributed by atoms with E-state index in [9.17, 15) is 0 Å². The van der Waals surface area contributed by atoms with Crippen molar-refractivity contribution >= 4 is 29.9 Å². The Labute approximate surface area is 162 Å². The molecule has 1 rings (SSSR count). The first kappa shape index (κ1) is 22.8. The summed E-state index contributed by atoms with van der Waals surface area (Å²) in [5.74, 6) is 2.50. The summed E-state index contributed by atoms with van der Waals surface area (Å²) in [6, 6.07) is 5.82. The van der Waals surface area contributed by atoms with Crippen LogP contribution in [0.1, 0.15) is 18.9 Å². The Morgan fingerprint density at radius 1 is 1.12 bits per heavy atom. The molecule has 1 aromatic carbocycles. The maximum Gasteiger partial charge on any atom is 0.190 e. The molecule has 0 aliphatic heterocycles. The van der Waals surface area contributed by atoms with Crippen molar-refractivity contribution in [3.05, 3.63) is 23.8 Å². The minimum absolute atomic E-state index is 0. The van der Waals surface area contributed by atoms with Gasteiger partial charge in [0.2, 0.25) is 0 Å². The summed E-state index contributed by atoms with van der Waals surface area (Å²) in [6.45, 7) is 5.12. The van der Waals surface area contributed by atoms with Gasteiger partial charge in [-0.2, -0.15) is 0 Å². The number of nitrogens with zero attached hydrogens (tertiary/aromatic N) is 1. The Kier molecular flexibility index (Phi) is 13.4. The molecule has 2 N–H and O–H groups in total. The average molecular weight is 451 g/mol. The van der Waals surface area contributed by atoms with Crippen molar-refractivity contribution in [1.29, 1.82) is 0 Å². The molecule has 0 saturated carbocycles. The van der Waals surface area contributed by atoms with Crippen LogP contribution in [-0.4, -0.2) is 53.5 Å². The van der Waals surface area contributed by atoms with E-state index in [1.54, 1.807) is 21.3 Å². The lowest BCUT2D eigenvalue weighted by Crippen LogP contribution is -2.39. The first-order chi connectivity index (χ1) is 11.2. The van der Waals surface area contributed by atoms with Crippen molar-refractivity contribution in [1.82, 2.24) is 10.6 Å². The number of aliphatic imine (C=N–C) groups is 1. The van der Waals surface area contributed by atoms with Gasteiger partial charge in [-0.3, -0.25) is 4.99 Å². The molecule has 0 aromatic heterocycles. The van der Waals surface area contributed by atoms with Crippen molar-refractivity contribution in [2.24, 2.45) is 4.99 Å². The van der Waals surface area contributed by atoms with Crippen LogP contribution in [0.15, 0.2) is 23.2 Å². The summed E-state index contributed by atoms with van der Waals surface area (Å²) in [5, 5.41) is 6.57. The fourth-order valence-corrected chi connectivity index (χ4v) is 2.14. The lowest BCUT2D eigenvalue weighted by molar-refractivity contribution is 0.145. The summed E-state index contributed by atoms with van der Waals surface area (Å²) in [7, 11) is 5.11. The molecule has 0 saturated heterocycles. The van der Waals surface area contributed by atoms with Crippen LogP contribution in [-0.2, 0) is 11.2 Å². The van der Waals surface area contributed by atoms with Crippen molar-refractivity contribution < 1.29 is 14.2 Å². The molecule has 0 unspecified atom stereocenters. The number of benzene rings is 1. The first-order valence-corrected chi connectivity index (χ1v) is 7.98. The normalized spacial score (nSPS) is 10.8. The second kappa shape index (κ2) is 14.2. The fourth-order valence-electron chi connectivity index (χ4n) is 2.14. The minimum Gasteiger partial charge on any atom is -0.497 e. The highest BCUT2D eigenvalue weighted by atomic mass is 127. The van der Waals surface area contributed by atoms with E-state index in [2.05, 4.69) is 15.6 Å². The molecule has 6 nitrogen and oxygen atoms in total. The van der Waals surface area contributed by atoms with Gasteiger partial charge in [-0.1, -0.05) is 0 Å². The summed E-state index contributed by atoms with van der Waals surface area (Å²) in [4.78, 5) is 4.21. The van der Waals surface area contributed by atoms with Gasteiger partial charge in [0.25, 0.3) is 0 Å². The number of hydrogen-bond donors (Lipinski definition) is 2. The van der Waals surface area contributed by atoms with Gasteiger partial charge in [-0.25, -0.2) is 0 Å². The zero-order valence-electron chi connectivity index (χ0n) is 15.1. The van der Waals surface area contributed by atoms with Gasteiger partial charge in [0.05, 0.1) is 14.2 Å². The number of halogens is 1.